The Bertz CT molecular complexity index is 1520. The summed E-state index contributed by atoms with van der Waals surface area (Å²) in [5, 5.41) is 0. The zero-order chi connectivity index (χ0) is 54.3. The van der Waals surface area contributed by atoms with Crippen LogP contribution < -0.4 is 0 Å². The van der Waals surface area contributed by atoms with E-state index in [0.717, 1.165) is 128 Å². The molecule has 6 heteroatoms. The van der Waals surface area contributed by atoms with E-state index in [1.54, 1.807) is 0 Å². The number of carbonyl (C=O) groups is 3. The summed E-state index contributed by atoms with van der Waals surface area (Å²) in [6, 6.07) is 0. The van der Waals surface area contributed by atoms with Crippen LogP contribution in [0.2, 0.25) is 0 Å². The third-order valence-electron chi connectivity index (χ3n) is 13.2. The molecule has 0 aliphatic rings. The summed E-state index contributed by atoms with van der Waals surface area (Å²) in [5.74, 6) is -0.918. The summed E-state index contributed by atoms with van der Waals surface area (Å²) >= 11 is 0. The Labute approximate surface area is 463 Å². The topological polar surface area (TPSA) is 78.9 Å². The van der Waals surface area contributed by atoms with Crippen LogP contribution in [-0.4, -0.2) is 37.2 Å². The van der Waals surface area contributed by atoms with E-state index < -0.39 is 6.10 Å². The lowest BCUT2D eigenvalue weighted by molar-refractivity contribution is -0.167. The van der Waals surface area contributed by atoms with Gasteiger partial charge in [-0.3, -0.25) is 14.4 Å². The maximum Gasteiger partial charge on any atom is 0.306 e. The fourth-order valence-corrected chi connectivity index (χ4v) is 8.53. The Balaban J connectivity index is 4.43. The van der Waals surface area contributed by atoms with E-state index in [1.165, 1.54) is 122 Å². The van der Waals surface area contributed by atoms with Crippen molar-refractivity contribution in [3.05, 3.63) is 109 Å². The second-order valence-corrected chi connectivity index (χ2v) is 20.6. The van der Waals surface area contributed by atoms with Crippen LogP contribution in [-0.2, 0) is 28.6 Å². The highest BCUT2D eigenvalue weighted by atomic mass is 16.6. The van der Waals surface area contributed by atoms with Gasteiger partial charge in [-0.1, -0.05) is 252 Å². The number of hydrogen-bond donors (Lipinski definition) is 0. The molecule has 428 valence electrons. The molecule has 0 saturated carbocycles. The van der Waals surface area contributed by atoms with Gasteiger partial charge in [0.2, 0.25) is 0 Å². The van der Waals surface area contributed by atoms with E-state index in [1.807, 2.05) is 0 Å². The molecule has 6 nitrogen and oxygen atoms in total. The summed E-state index contributed by atoms with van der Waals surface area (Å²) in [6.07, 6.45) is 85.1. The first-order chi connectivity index (χ1) is 37.0. The molecular formula is C69H116O6. The van der Waals surface area contributed by atoms with Gasteiger partial charge in [-0.05, 0) is 128 Å². The molecule has 0 aromatic heterocycles. The molecule has 0 radical (unpaired) electrons. The molecule has 1 atom stereocenters. The number of carbonyl (C=O) groups excluding carboxylic acids is 3. The molecular weight excluding hydrogens is 925 g/mol. The van der Waals surface area contributed by atoms with Crippen molar-refractivity contribution in [2.75, 3.05) is 13.2 Å². The fourth-order valence-electron chi connectivity index (χ4n) is 8.53. The Morgan fingerprint density at radius 3 is 0.853 bits per heavy atom. The average Bonchev–Trinajstić information content (AvgIpc) is 3.41. The van der Waals surface area contributed by atoms with Crippen LogP contribution in [0.5, 0.6) is 0 Å². The Morgan fingerprint density at radius 2 is 0.520 bits per heavy atom. The molecule has 0 aromatic rings. The monoisotopic (exact) mass is 1040 g/mol. The summed E-state index contributed by atoms with van der Waals surface area (Å²) in [5.41, 5.74) is 0. The molecule has 0 saturated heterocycles. The second-order valence-electron chi connectivity index (χ2n) is 20.6. The van der Waals surface area contributed by atoms with Crippen molar-refractivity contribution >= 4 is 17.9 Å². The van der Waals surface area contributed by atoms with E-state index in [0.29, 0.717) is 19.3 Å². The van der Waals surface area contributed by atoms with Crippen LogP contribution in [0.15, 0.2) is 109 Å². The molecule has 0 aliphatic carbocycles. The number of unbranched alkanes of at least 4 members (excludes halogenated alkanes) is 27. The van der Waals surface area contributed by atoms with E-state index in [-0.39, 0.29) is 31.1 Å². The SMILES string of the molecule is CC/C=C\C/C=C\C/C=C\C/C=C\C/C=C\CCCCCCCCCC(=O)OCC(COC(=O)CCCCCCC/C=C\CCCCCCCC)OC(=O)CCCCCCCC/C=C\C/C=C\C/C=C\CCCCC. The number of ether oxygens (including phenoxy) is 3. The number of allylic oxidation sites excluding steroid dienone is 18. The van der Waals surface area contributed by atoms with Crippen molar-refractivity contribution < 1.29 is 28.6 Å². The maximum atomic E-state index is 12.9. The van der Waals surface area contributed by atoms with Gasteiger partial charge in [-0.25, -0.2) is 0 Å². The number of esters is 3. The summed E-state index contributed by atoms with van der Waals surface area (Å²) < 4.78 is 16.9. The quantitative estimate of drug-likeness (QED) is 0.0261. The molecule has 0 aromatic carbocycles. The van der Waals surface area contributed by atoms with Gasteiger partial charge in [0.1, 0.15) is 13.2 Å². The van der Waals surface area contributed by atoms with Gasteiger partial charge >= 0.3 is 17.9 Å². The van der Waals surface area contributed by atoms with E-state index >= 15 is 0 Å². The smallest absolute Gasteiger partial charge is 0.306 e. The highest BCUT2D eigenvalue weighted by molar-refractivity contribution is 5.71. The van der Waals surface area contributed by atoms with Gasteiger partial charge < -0.3 is 14.2 Å². The molecule has 0 heterocycles. The first kappa shape index (κ1) is 71.1. The van der Waals surface area contributed by atoms with Crippen molar-refractivity contribution in [1.29, 1.82) is 0 Å². The van der Waals surface area contributed by atoms with Crippen LogP contribution in [0, 0.1) is 0 Å². The fraction of sp³-hybridized carbons (Fsp3) is 0.696. The van der Waals surface area contributed by atoms with Crippen molar-refractivity contribution in [2.24, 2.45) is 0 Å². The summed E-state index contributed by atoms with van der Waals surface area (Å²) in [4.78, 5) is 38.3. The van der Waals surface area contributed by atoms with Gasteiger partial charge in [-0.15, -0.1) is 0 Å². The van der Waals surface area contributed by atoms with E-state index in [9.17, 15) is 14.4 Å². The summed E-state index contributed by atoms with van der Waals surface area (Å²) in [7, 11) is 0. The molecule has 0 N–H and O–H groups in total. The maximum absolute atomic E-state index is 12.9. The lowest BCUT2D eigenvalue weighted by atomic mass is 10.1. The van der Waals surface area contributed by atoms with Gasteiger partial charge in [-0.2, -0.15) is 0 Å². The number of rotatable bonds is 56. The van der Waals surface area contributed by atoms with E-state index in [4.69, 9.17) is 14.2 Å². The molecule has 0 aliphatic heterocycles. The lowest BCUT2D eigenvalue weighted by Crippen LogP contribution is -2.30. The van der Waals surface area contributed by atoms with Crippen LogP contribution in [0.3, 0.4) is 0 Å². The van der Waals surface area contributed by atoms with Crippen LogP contribution in [0.25, 0.3) is 0 Å². The molecule has 0 fully saturated rings. The lowest BCUT2D eigenvalue weighted by Gasteiger charge is -2.18. The van der Waals surface area contributed by atoms with Crippen LogP contribution in [0.1, 0.15) is 290 Å². The zero-order valence-corrected chi connectivity index (χ0v) is 49.0. The van der Waals surface area contributed by atoms with Gasteiger partial charge in [0.15, 0.2) is 6.10 Å². The summed E-state index contributed by atoms with van der Waals surface area (Å²) in [6.45, 7) is 6.48. The van der Waals surface area contributed by atoms with Crippen molar-refractivity contribution in [1.82, 2.24) is 0 Å². The predicted molar refractivity (Wildman–Crippen MR) is 325 cm³/mol. The molecule has 0 rings (SSSR count). The average molecular weight is 1040 g/mol. The van der Waals surface area contributed by atoms with Gasteiger partial charge in [0.05, 0.1) is 0 Å². The predicted octanol–water partition coefficient (Wildman–Crippen LogP) is 21.4. The first-order valence-corrected chi connectivity index (χ1v) is 31.4. The Hall–Kier alpha value is -3.93. The van der Waals surface area contributed by atoms with E-state index in [2.05, 4.69) is 130 Å². The minimum atomic E-state index is -0.796. The zero-order valence-electron chi connectivity index (χ0n) is 49.0. The first-order valence-electron chi connectivity index (χ1n) is 31.4. The van der Waals surface area contributed by atoms with Crippen molar-refractivity contribution in [2.45, 2.75) is 297 Å². The largest absolute Gasteiger partial charge is 0.462 e. The van der Waals surface area contributed by atoms with Gasteiger partial charge in [0, 0.05) is 19.3 Å². The Kier molecular flexibility index (Phi) is 59.3. The highest BCUT2D eigenvalue weighted by Gasteiger charge is 2.19. The molecule has 75 heavy (non-hydrogen) atoms. The van der Waals surface area contributed by atoms with Gasteiger partial charge in [0.25, 0.3) is 0 Å². The second kappa shape index (κ2) is 62.6. The third kappa shape index (κ3) is 60.8. The standard InChI is InChI=1S/C69H116O6/c1-4-7-10-13-16-19-22-25-28-30-32-33-34-35-37-38-41-44-47-50-53-56-59-62-68(71)74-65-66(64-73-67(70)61-58-55-52-49-46-43-40-27-24-21-18-15-12-9-6-3)75-69(72)63-60-57-54-51-48-45-42-39-36-31-29-26-23-20-17-14-11-8-5-2/h7,10,16-17,19-20,25-29,32-33,35-37,39-40,66H,4-6,8-9,11-15,18,21-24,30-31,34,38,41-65H2,1-3H3/b10-7-,19-16-,20-17-,28-25-,29-26-,33-32-,37-35-,39-36-,40-27-. The molecule has 1 unspecified atom stereocenters. The minimum Gasteiger partial charge on any atom is -0.462 e. The minimum absolute atomic E-state index is 0.0920. The molecule has 0 bridgehead atoms. The van der Waals surface area contributed by atoms with Crippen LogP contribution in [0.4, 0.5) is 0 Å². The van der Waals surface area contributed by atoms with Crippen molar-refractivity contribution in [3.63, 3.8) is 0 Å². The Morgan fingerprint density at radius 1 is 0.280 bits per heavy atom. The molecule has 0 spiro atoms. The van der Waals surface area contributed by atoms with Crippen LogP contribution >= 0.6 is 0 Å². The normalized spacial score (nSPS) is 12.8. The highest BCUT2D eigenvalue weighted by Crippen LogP contribution is 2.15. The third-order valence-corrected chi connectivity index (χ3v) is 13.2. The number of hydrogen-bond acceptors (Lipinski definition) is 6. The van der Waals surface area contributed by atoms with Crippen molar-refractivity contribution in [3.8, 4) is 0 Å². The molecule has 0 amide bonds.